The summed E-state index contributed by atoms with van der Waals surface area (Å²) in [6.45, 7) is 1.61. The van der Waals surface area contributed by atoms with Crippen molar-refractivity contribution in [2.45, 2.75) is 11.8 Å². The minimum absolute atomic E-state index is 0.0860. The monoisotopic (exact) mass is 392 g/mol. The van der Waals surface area contributed by atoms with E-state index in [1.165, 1.54) is 51.6 Å². The number of ether oxygens (including phenoxy) is 2. The Morgan fingerprint density at radius 1 is 1.04 bits per heavy atom. The fraction of sp³-hybridized carbons (Fsp3) is 0.222. The van der Waals surface area contributed by atoms with Gasteiger partial charge in [0.15, 0.2) is 0 Å². The fourth-order valence-corrected chi connectivity index (χ4v) is 3.60. The number of esters is 1. The summed E-state index contributed by atoms with van der Waals surface area (Å²) < 4.78 is 37.8. The van der Waals surface area contributed by atoms with Crippen LogP contribution in [0.15, 0.2) is 41.3 Å². The molecule has 0 unspecified atom stereocenters. The second-order valence-corrected chi connectivity index (χ2v) is 7.20. The van der Waals surface area contributed by atoms with Gasteiger partial charge >= 0.3 is 5.97 Å². The summed E-state index contributed by atoms with van der Waals surface area (Å²) in [7, 11) is 0.0526. The third-order valence-electron chi connectivity index (χ3n) is 3.94. The molecular weight excluding hydrogens is 372 g/mol. The van der Waals surface area contributed by atoms with Gasteiger partial charge in [-0.1, -0.05) is 6.07 Å². The Labute approximate surface area is 157 Å². The molecule has 8 nitrogen and oxygen atoms in total. The van der Waals surface area contributed by atoms with Crippen molar-refractivity contribution in [1.82, 2.24) is 5.32 Å². The smallest absolute Gasteiger partial charge is 0.338 e. The maximum atomic E-state index is 12.8. The lowest BCUT2D eigenvalue weighted by Gasteiger charge is -2.14. The molecule has 0 saturated heterocycles. The Hall–Kier alpha value is -3.07. The van der Waals surface area contributed by atoms with Gasteiger partial charge in [0.2, 0.25) is 0 Å². The van der Waals surface area contributed by atoms with Gasteiger partial charge < -0.3 is 14.8 Å². The van der Waals surface area contributed by atoms with Crippen molar-refractivity contribution in [3.63, 3.8) is 0 Å². The molecule has 0 atom stereocenters. The van der Waals surface area contributed by atoms with Gasteiger partial charge in [0.1, 0.15) is 5.75 Å². The van der Waals surface area contributed by atoms with Crippen molar-refractivity contribution < 1.29 is 27.5 Å². The first-order chi connectivity index (χ1) is 12.7. The summed E-state index contributed by atoms with van der Waals surface area (Å²) in [5.74, 6) is -0.801. The standard InChI is InChI=1S/C18H20N2O6S/c1-11-13(18(22)26-4)6-5-7-15(11)20-27(23,24)12-8-9-16(25-3)14(10-12)17(21)19-2/h5-10,20H,1-4H3,(H,19,21). The minimum atomic E-state index is -4.01. The van der Waals surface area contributed by atoms with Crippen LogP contribution in [0.2, 0.25) is 0 Å². The van der Waals surface area contributed by atoms with E-state index in [9.17, 15) is 18.0 Å². The van der Waals surface area contributed by atoms with Gasteiger partial charge in [-0.25, -0.2) is 13.2 Å². The van der Waals surface area contributed by atoms with Crippen molar-refractivity contribution in [1.29, 1.82) is 0 Å². The number of nitrogens with one attached hydrogen (secondary N) is 2. The predicted molar refractivity (Wildman–Crippen MR) is 99.7 cm³/mol. The third kappa shape index (κ3) is 4.20. The number of benzene rings is 2. The van der Waals surface area contributed by atoms with E-state index >= 15 is 0 Å². The number of sulfonamides is 1. The molecule has 0 aliphatic heterocycles. The number of anilines is 1. The van der Waals surface area contributed by atoms with Gasteiger partial charge in [0, 0.05) is 7.05 Å². The summed E-state index contributed by atoms with van der Waals surface area (Å²) in [5.41, 5.74) is 0.990. The molecule has 2 aromatic rings. The molecule has 1 amide bonds. The first-order valence-electron chi connectivity index (χ1n) is 7.86. The zero-order chi connectivity index (χ0) is 20.2. The molecule has 0 saturated carbocycles. The van der Waals surface area contributed by atoms with Crippen LogP contribution < -0.4 is 14.8 Å². The van der Waals surface area contributed by atoms with Gasteiger partial charge in [0.05, 0.1) is 35.9 Å². The summed E-state index contributed by atoms with van der Waals surface area (Å²) in [6, 6.07) is 8.56. The summed E-state index contributed by atoms with van der Waals surface area (Å²) in [5, 5.41) is 2.43. The maximum absolute atomic E-state index is 12.8. The molecule has 144 valence electrons. The zero-order valence-electron chi connectivity index (χ0n) is 15.3. The van der Waals surface area contributed by atoms with Crippen LogP contribution in [-0.2, 0) is 14.8 Å². The van der Waals surface area contributed by atoms with Crippen LogP contribution in [0.4, 0.5) is 5.69 Å². The zero-order valence-corrected chi connectivity index (χ0v) is 16.1. The number of rotatable bonds is 6. The average molecular weight is 392 g/mol. The van der Waals surface area contributed by atoms with E-state index in [1.54, 1.807) is 13.0 Å². The Bertz CT molecular complexity index is 985. The molecule has 9 heteroatoms. The van der Waals surface area contributed by atoms with E-state index in [1.807, 2.05) is 0 Å². The maximum Gasteiger partial charge on any atom is 0.338 e. The van der Waals surface area contributed by atoms with E-state index in [0.717, 1.165) is 0 Å². The number of amides is 1. The van der Waals surface area contributed by atoms with Gasteiger partial charge in [-0.2, -0.15) is 0 Å². The number of hydrogen-bond donors (Lipinski definition) is 2. The first kappa shape index (κ1) is 20.2. The number of methoxy groups -OCH3 is 2. The molecule has 0 aliphatic carbocycles. The molecule has 0 fully saturated rings. The summed E-state index contributed by atoms with van der Waals surface area (Å²) >= 11 is 0. The lowest BCUT2D eigenvalue weighted by molar-refractivity contribution is 0.0599. The van der Waals surface area contributed by atoms with Crippen LogP contribution in [-0.4, -0.2) is 41.6 Å². The van der Waals surface area contributed by atoms with Crippen molar-refractivity contribution in [2.24, 2.45) is 0 Å². The van der Waals surface area contributed by atoms with Crippen LogP contribution >= 0.6 is 0 Å². The Morgan fingerprint density at radius 3 is 2.33 bits per heavy atom. The SMILES string of the molecule is CNC(=O)c1cc(S(=O)(=O)Nc2cccc(C(=O)OC)c2C)ccc1OC. The van der Waals surface area contributed by atoms with Crippen LogP contribution in [0.1, 0.15) is 26.3 Å². The van der Waals surface area contributed by atoms with Crippen LogP contribution in [0, 0.1) is 6.92 Å². The third-order valence-corrected chi connectivity index (χ3v) is 5.30. The molecule has 0 radical (unpaired) electrons. The molecule has 0 spiro atoms. The lowest BCUT2D eigenvalue weighted by Crippen LogP contribution is -2.20. The highest BCUT2D eigenvalue weighted by molar-refractivity contribution is 7.92. The minimum Gasteiger partial charge on any atom is -0.496 e. The van der Waals surface area contributed by atoms with Gasteiger partial charge in [-0.05, 0) is 42.8 Å². The molecule has 27 heavy (non-hydrogen) atoms. The Balaban J connectivity index is 2.46. The van der Waals surface area contributed by atoms with E-state index in [4.69, 9.17) is 9.47 Å². The summed E-state index contributed by atoms with van der Waals surface area (Å²) in [4.78, 5) is 23.6. The second kappa shape index (κ2) is 8.09. The molecule has 2 aromatic carbocycles. The topological polar surface area (TPSA) is 111 Å². The highest BCUT2D eigenvalue weighted by atomic mass is 32.2. The van der Waals surface area contributed by atoms with Gasteiger partial charge in [0.25, 0.3) is 15.9 Å². The molecule has 0 heterocycles. The van der Waals surface area contributed by atoms with Crippen LogP contribution in [0.3, 0.4) is 0 Å². The molecule has 0 aliphatic rings. The number of hydrogen-bond acceptors (Lipinski definition) is 6. The van der Waals surface area contributed by atoms with Crippen molar-refractivity contribution in [2.75, 3.05) is 26.0 Å². The highest BCUT2D eigenvalue weighted by Crippen LogP contribution is 2.26. The van der Waals surface area contributed by atoms with Gasteiger partial charge in [-0.3, -0.25) is 9.52 Å². The van der Waals surface area contributed by atoms with E-state index in [2.05, 4.69) is 10.0 Å². The van der Waals surface area contributed by atoms with E-state index in [-0.39, 0.29) is 27.5 Å². The second-order valence-electron chi connectivity index (χ2n) is 5.52. The Morgan fingerprint density at radius 2 is 1.74 bits per heavy atom. The largest absolute Gasteiger partial charge is 0.496 e. The van der Waals surface area contributed by atoms with Crippen LogP contribution in [0.5, 0.6) is 5.75 Å². The van der Waals surface area contributed by atoms with Crippen molar-refractivity contribution in [3.05, 3.63) is 53.1 Å². The molecular formula is C18H20N2O6S. The Kier molecular flexibility index (Phi) is 6.06. The first-order valence-corrected chi connectivity index (χ1v) is 9.34. The molecule has 2 N–H and O–H groups in total. The van der Waals surface area contributed by atoms with E-state index in [0.29, 0.717) is 5.56 Å². The normalized spacial score (nSPS) is 10.8. The van der Waals surface area contributed by atoms with E-state index < -0.39 is 21.9 Å². The predicted octanol–water partition coefficient (Wildman–Crippen LogP) is 1.95. The highest BCUT2D eigenvalue weighted by Gasteiger charge is 2.21. The number of carbonyl (C=O) groups is 2. The quantitative estimate of drug-likeness (QED) is 0.727. The summed E-state index contributed by atoms with van der Waals surface area (Å²) in [6.07, 6.45) is 0. The van der Waals surface area contributed by atoms with Gasteiger partial charge in [-0.15, -0.1) is 0 Å². The van der Waals surface area contributed by atoms with Crippen molar-refractivity contribution >= 4 is 27.6 Å². The lowest BCUT2D eigenvalue weighted by atomic mass is 10.1. The fourth-order valence-electron chi connectivity index (χ4n) is 2.45. The van der Waals surface area contributed by atoms with Crippen LogP contribution in [0.25, 0.3) is 0 Å². The molecule has 0 bridgehead atoms. The average Bonchev–Trinajstić information content (AvgIpc) is 2.67. The molecule has 0 aromatic heterocycles. The van der Waals surface area contributed by atoms with Crippen molar-refractivity contribution in [3.8, 4) is 5.75 Å². The number of carbonyl (C=O) groups excluding carboxylic acids is 2. The molecule has 2 rings (SSSR count).